The summed E-state index contributed by atoms with van der Waals surface area (Å²) in [6.07, 6.45) is 2.63. The van der Waals surface area contributed by atoms with Gasteiger partial charge in [0, 0.05) is 13.0 Å². The molecule has 1 fully saturated rings. The summed E-state index contributed by atoms with van der Waals surface area (Å²) in [7, 11) is 0. The number of nitrogens with one attached hydrogen (secondary N) is 1. The van der Waals surface area contributed by atoms with E-state index in [1.54, 1.807) is 19.1 Å². The van der Waals surface area contributed by atoms with Crippen LogP contribution in [0.25, 0.3) is 5.69 Å². The molecular weight excluding hydrogens is 333 g/mol. The van der Waals surface area contributed by atoms with Crippen molar-refractivity contribution in [2.75, 3.05) is 18.0 Å². The highest BCUT2D eigenvalue weighted by Gasteiger charge is 2.32. The van der Waals surface area contributed by atoms with E-state index in [9.17, 15) is 9.18 Å². The van der Waals surface area contributed by atoms with E-state index < -0.39 is 11.9 Å². The summed E-state index contributed by atoms with van der Waals surface area (Å²) in [5, 5.41) is 6.91. The van der Waals surface area contributed by atoms with Crippen molar-refractivity contribution in [2.24, 2.45) is 0 Å². The molecule has 2 aromatic rings. The molecule has 24 heavy (non-hydrogen) atoms. The Balaban J connectivity index is 1.69. The number of halogens is 1. The fourth-order valence-corrected chi connectivity index (χ4v) is 2.58. The van der Waals surface area contributed by atoms with Crippen LogP contribution in [0.3, 0.4) is 0 Å². The first-order valence-electron chi connectivity index (χ1n) is 7.41. The topological polar surface area (TPSA) is 72.3 Å². The number of rotatable bonds is 5. The van der Waals surface area contributed by atoms with Gasteiger partial charge in [0.2, 0.25) is 0 Å². The smallest absolute Gasteiger partial charge is 0.414 e. The molecule has 7 nitrogen and oxygen atoms in total. The first kappa shape index (κ1) is 16.3. The van der Waals surface area contributed by atoms with Crippen LogP contribution in [0.4, 0.5) is 14.9 Å². The molecule has 1 aromatic carbocycles. The molecule has 1 amide bonds. The predicted octanol–water partition coefficient (Wildman–Crippen LogP) is 2.06. The lowest BCUT2D eigenvalue weighted by Crippen LogP contribution is -2.27. The molecular formula is C15H16FN5O2S. The molecule has 126 valence electrons. The summed E-state index contributed by atoms with van der Waals surface area (Å²) in [6, 6.07) is 4.50. The number of amides is 1. The van der Waals surface area contributed by atoms with Gasteiger partial charge in [0.15, 0.2) is 5.82 Å². The number of hydrogen-bond acceptors (Lipinski definition) is 5. The number of ether oxygens (including phenoxy) is 1. The predicted molar refractivity (Wildman–Crippen MR) is 89.8 cm³/mol. The van der Waals surface area contributed by atoms with Gasteiger partial charge in [-0.3, -0.25) is 4.90 Å². The number of benzene rings is 1. The van der Waals surface area contributed by atoms with E-state index in [-0.39, 0.29) is 11.8 Å². The van der Waals surface area contributed by atoms with E-state index in [1.807, 2.05) is 0 Å². The summed E-state index contributed by atoms with van der Waals surface area (Å²) in [5.74, 6) is -0.493. The SMILES string of the molecule is CC(=S)NCC[C@H]1CN(c2ccc(-n3cncn3)c(F)c2)C(=O)O1. The van der Waals surface area contributed by atoms with Crippen molar-refractivity contribution >= 4 is 29.0 Å². The zero-order valence-corrected chi connectivity index (χ0v) is 13.8. The monoisotopic (exact) mass is 349 g/mol. The van der Waals surface area contributed by atoms with Crippen molar-refractivity contribution < 1.29 is 13.9 Å². The number of thiocarbonyl (C=S) groups is 1. The van der Waals surface area contributed by atoms with E-state index in [0.717, 1.165) is 0 Å². The third-order valence-corrected chi connectivity index (χ3v) is 3.77. The number of aromatic nitrogens is 3. The maximum absolute atomic E-state index is 14.3. The molecule has 0 bridgehead atoms. The van der Waals surface area contributed by atoms with Gasteiger partial charge in [-0.05, 0) is 25.1 Å². The Labute approximate surface area is 143 Å². The number of carbonyl (C=O) groups is 1. The highest BCUT2D eigenvalue weighted by atomic mass is 32.1. The Morgan fingerprint density at radius 3 is 3.04 bits per heavy atom. The largest absolute Gasteiger partial charge is 0.444 e. The van der Waals surface area contributed by atoms with Gasteiger partial charge < -0.3 is 10.1 Å². The van der Waals surface area contributed by atoms with E-state index in [4.69, 9.17) is 17.0 Å². The summed E-state index contributed by atoms with van der Waals surface area (Å²) in [5.41, 5.74) is 0.712. The van der Waals surface area contributed by atoms with Gasteiger partial charge in [0.1, 0.15) is 24.4 Å². The zero-order valence-electron chi connectivity index (χ0n) is 13.0. The fraction of sp³-hybridized carbons (Fsp3) is 0.333. The van der Waals surface area contributed by atoms with Gasteiger partial charge in [0.25, 0.3) is 0 Å². The molecule has 0 aliphatic carbocycles. The summed E-state index contributed by atoms with van der Waals surface area (Å²) < 4.78 is 20.9. The molecule has 0 unspecified atom stereocenters. The second kappa shape index (κ2) is 6.91. The molecule has 1 aliphatic heterocycles. The average molecular weight is 349 g/mol. The number of anilines is 1. The molecule has 0 spiro atoms. The minimum atomic E-state index is -0.493. The summed E-state index contributed by atoms with van der Waals surface area (Å²) in [4.78, 5) is 17.9. The highest BCUT2D eigenvalue weighted by molar-refractivity contribution is 7.80. The number of cyclic esters (lactones) is 1. The number of carbonyl (C=O) groups excluding carboxylic acids is 1. The lowest BCUT2D eigenvalue weighted by molar-refractivity contribution is 0.137. The van der Waals surface area contributed by atoms with Crippen LogP contribution in [0, 0.1) is 5.82 Å². The molecule has 1 atom stereocenters. The van der Waals surface area contributed by atoms with Crippen LogP contribution in [0.1, 0.15) is 13.3 Å². The van der Waals surface area contributed by atoms with Crippen molar-refractivity contribution in [1.82, 2.24) is 20.1 Å². The van der Waals surface area contributed by atoms with Crippen molar-refractivity contribution in [1.29, 1.82) is 0 Å². The third-order valence-electron chi connectivity index (χ3n) is 3.62. The van der Waals surface area contributed by atoms with Gasteiger partial charge in [-0.1, -0.05) is 12.2 Å². The molecule has 1 aliphatic rings. The Kier molecular flexibility index (Phi) is 4.70. The van der Waals surface area contributed by atoms with Crippen molar-refractivity contribution in [3.8, 4) is 5.69 Å². The Morgan fingerprint density at radius 1 is 1.54 bits per heavy atom. The fourth-order valence-electron chi connectivity index (χ4n) is 2.47. The van der Waals surface area contributed by atoms with Crippen LogP contribution < -0.4 is 10.2 Å². The minimum Gasteiger partial charge on any atom is -0.444 e. The van der Waals surface area contributed by atoms with Crippen LogP contribution in [0.2, 0.25) is 0 Å². The molecule has 9 heteroatoms. The standard InChI is InChI=1S/C15H16FN5O2S/c1-10(24)18-5-4-12-7-20(15(22)23-12)11-2-3-14(13(16)6-11)21-9-17-8-19-21/h2-3,6,8-9,12H,4-5,7H2,1H3,(H,18,24)/t12-/m0/s1. The van der Waals surface area contributed by atoms with Gasteiger partial charge in [-0.25, -0.2) is 18.9 Å². The Morgan fingerprint density at radius 2 is 2.38 bits per heavy atom. The van der Waals surface area contributed by atoms with Crippen LogP contribution in [0.15, 0.2) is 30.9 Å². The maximum atomic E-state index is 14.3. The number of hydrogen-bond donors (Lipinski definition) is 1. The molecule has 1 N–H and O–H groups in total. The van der Waals surface area contributed by atoms with Crippen LogP contribution >= 0.6 is 12.2 Å². The first-order chi connectivity index (χ1) is 11.5. The van der Waals surface area contributed by atoms with Crippen LogP contribution in [-0.2, 0) is 4.74 Å². The summed E-state index contributed by atoms with van der Waals surface area (Å²) in [6.45, 7) is 2.79. The maximum Gasteiger partial charge on any atom is 0.414 e. The van der Waals surface area contributed by atoms with E-state index in [1.165, 1.54) is 28.3 Å². The lowest BCUT2D eigenvalue weighted by atomic mass is 10.2. The molecule has 0 saturated carbocycles. The zero-order chi connectivity index (χ0) is 17.1. The minimum absolute atomic E-state index is 0.252. The van der Waals surface area contributed by atoms with Gasteiger partial charge in [-0.2, -0.15) is 5.10 Å². The third kappa shape index (κ3) is 3.51. The lowest BCUT2D eigenvalue weighted by Gasteiger charge is -2.14. The van der Waals surface area contributed by atoms with Crippen molar-refractivity contribution in [3.05, 3.63) is 36.7 Å². The summed E-state index contributed by atoms with van der Waals surface area (Å²) >= 11 is 4.94. The normalized spacial score (nSPS) is 17.0. The van der Waals surface area contributed by atoms with Crippen LogP contribution in [-0.4, -0.2) is 45.0 Å². The quantitative estimate of drug-likeness (QED) is 0.833. The van der Waals surface area contributed by atoms with Crippen LogP contribution in [0.5, 0.6) is 0 Å². The van der Waals surface area contributed by atoms with Gasteiger partial charge in [0.05, 0.1) is 17.2 Å². The molecule has 3 rings (SSSR count). The van der Waals surface area contributed by atoms with E-state index in [2.05, 4.69) is 15.4 Å². The second-order valence-electron chi connectivity index (χ2n) is 5.36. The number of nitrogens with zero attached hydrogens (tertiary/aromatic N) is 4. The molecule has 1 saturated heterocycles. The molecule has 1 aromatic heterocycles. The van der Waals surface area contributed by atoms with Gasteiger partial charge >= 0.3 is 6.09 Å². The second-order valence-corrected chi connectivity index (χ2v) is 5.98. The highest BCUT2D eigenvalue weighted by Crippen LogP contribution is 2.25. The van der Waals surface area contributed by atoms with E-state index in [0.29, 0.717) is 30.2 Å². The Hall–Kier alpha value is -2.55. The Bertz CT molecular complexity index is 752. The van der Waals surface area contributed by atoms with Crippen molar-refractivity contribution in [3.63, 3.8) is 0 Å². The van der Waals surface area contributed by atoms with Gasteiger partial charge in [-0.15, -0.1) is 0 Å². The van der Waals surface area contributed by atoms with E-state index >= 15 is 0 Å². The average Bonchev–Trinajstić information content (AvgIpc) is 3.16. The van der Waals surface area contributed by atoms with Crippen molar-refractivity contribution in [2.45, 2.75) is 19.4 Å². The molecule has 0 radical (unpaired) electrons. The first-order valence-corrected chi connectivity index (χ1v) is 7.82. The molecule has 2 heterocycles.